The Hall–Kier alpha value is -3.28. The summed E-state index contributed by atoms with van der Waals surface area (Å²) in [5, 5.41) is 17.1. The number of benzene rings is 1. The summed E-state index contributed by atoms with van der Waals surface area (Å²) in [5.74, 6) is 0.253. The Bertz CT molecular complexity index is 1360. The van der Waals surface area contributed by atoms with Gasteiger partial charge < -0.3 is 15.0 Å². The van der Waals surface area contributed by atoms with Crippen LogP contribution in [0.4, 0.5) is 9.52 Å². The van der Waals surface area contributed by atoms with Gasteiger partial charge in [-0.1, -0.05) is 24.3 Å². The van der Waals surface area contributed by atoms with Crippen LogP contribution in [0, 0.1) is 24.1 Å². The second-order valence-electron chi connectivity index (χ2n) is 8.70. The highest BCUT2D eigenvalue weighted by Gasteiger charge is 2.20. The predicted molar refractivity (Wildman–Crippen MR) is 134 cm³/mol. The molecular formula is C26H27FN6S. The number of hydrogen-bond donors (Lipinski definition) is 2. The van der Waals surface area contributed by atoms with Crippen molar-refractivity contribution in [1.29, 1.82) is 5.26 Å². The van der Waals surface area contributed by atoms with Gasteiger partial charge in [-0.15, -0.1) is 0 Å². The lowest BCUT2D eigenvalue weighted by Crippen LogP contribution is -2.26. The normalized spacial score (nSPS) is 14.4. The van der Waals surface area contributed by atoms with Crippen molar-refractivity contribution >= 4 is 22.1 Å². The number of imidazole rings is 1. The van der Waals surface area contributed by atoms with E-state index in [1.54, 1.807) is 12.1 Å². The molecule has 1 aliphatic rings. The number of aromatic nitrogens is 3. The van der Waals surface area contributed by atoms with E-state index in [1.165, 1.54) is 34.6 Å². The van der Waals surface area contributed by atoms with Crippen LogP contribution in [0.5, 0.6) is 0 Å². The summed E-state index contributed by atoms with van der Waals surface area (Å²) in [6.07, 6.45) is 5.39. The first-order chi connectivity index (χ1) is 16.6. The van der Waals surface area contributed by atoms with Crippen LogP contribution in [-0.4, -0.2) is 27.5 Å². The summed E-state index contributed by atoms with van der Waals surface area (Å²) in [6.45, 7) is 6.93. The molecule has 6 nitrogen and oxygen atoms in total. The van der Waals surface area contributed by atoms with Gasteiger partial charge in [0, 0.05) is 11.8 Å². The van der Waals surface area contributed by atoms with E-state index in [2.05, 4.69) is 52.2 Å². The van der Waals surface area contributed by atoms with Crippen LogP contribution in [0.25, 0.3) is 16.9 Å². The van der Waals surface area contributed by atoms with Crippen molar-refractivity contribution in [2.24, 2.45) is 0 Å². The molecule has 0 atom stereocenters. The molecule has 0 spiro atoms. The largest absolute Gasteiger partial charge is 0.356 e. The lowest BCUT2D eigenvalue weighted by molar-refractivity contribution is 0.459. The minimum Gasteiger partial charge on any atom is -0.356 e. The number of nitrogens with zero attached hydrogens (tertiary/aromatic N) is 4. The minimum atomic E-state index is -0.310. The minimum absolute atomic E-state index is 0.310. The number of fused-ring (bicyclic) bond motifs is 1. The molecule has 1 aromatic carbocycles. The topological polar surface area (TPSA) is 78.0 Å². The van der Waals surface area contributed by atoms with Crippen LogP contribution in [0.2, 0.25) is 0 Å². The van der Waals surface area contributed by atoms with E-state index < -0.39 is 0 Å². The van der Waals surface area contributed by atoms with Crippen LogP contribution in [0.15, 0.2) is 36.5 Å². The van der Waals surface area contributed by atoms with Gasteiger partial charge in [-0.2, -0.15) is 5.26 Å². The van der Waals surface area contributed by atoms with Gasteiger partial charge in [0.1, 0.15) is 28.1 Å². The highest BCUT2D eigenvalue weighted by Crippen LogP contribution is 2.32. The zero-order valence-corrected chi connectivity index (χ0v) is 20.2. The molecule has 8 heteroatoms. The molecular weight excluding hydrogens is 447 g/mol. The van der Waals surface area contributed by atoms with Gasteiger partial charge in [0.15, 0.2) is 5.13 Å². The van der Waals surface area contributed by atoms with Gasteiger partial charge in [-0.25, -0.2) is 14.4 Å². The van der Waals surface area contributed by atoms with Crippen molar-refractivity contribution in [3.05, 3.63) is 69.7 Å². The van der Waals surface area contributed by atoms with Crippen LogP contribution >= 0.6 is 11.3 Å². The number of nitrogens with one attached hydrogen (secondary N) is 2. The van der Waals surface area contributed by atoms with Crippen LogP contribution in [-0.2, 0) is 13.0 Å². The standard InChI is InChI=1S/C26H27FN6S/c1-3-21-22(33-15-19(12-16(2)25(33)31-21)17-8-10-29-11-9-17)14-30-26-32-24(23(13-28)34-26)18-4-6-20(27)7-5-18/h4-7,12,15,17,29H,3,8-11,14H2,1-2H3,(H,30,32). The fraction of sp³-hybridized carbons (Fsp3) is 0.346. The highest BCUT2D eigenvalue weighted by molar-refractivity contribution is 7.16. The zero-order valence-electron chi connectivity index (χ0n) is 19.4. The number of piperidine rings is 1. The van der Waals surface area contributed by atoms with E-state index in [0.717, 1.165) is 55.0 Å². The summed E-state index contributed by atoms with van der Waals surface area (Å²) < 4.78 is 15.6. The summed E-state index contributed by atoms with van der Waals surface area (Å²) in [6, 6.07) is 10.6. The van der Waals surface area contributed by atoms with E-state index in [-0.39, 0.29) is 5.82 Å². The Kier molecular flexibility index (Phi) is 6.31. The number of rotatable bonds is 6. The first-order valence-corrected chi connectivity index (χ1v) is 12.5. The average molecular weight is 475 g/mol. The molecule has 3 aromatic heterocycles. The third-order valence-electron chi connectivity index (χ3n) is 6.51. The molecule has 0 amide bonds. The van der Waals surface area contributed by atoms with Crippen molar-refractivity contribution in [2.75, 3.05) is 18.4 Å². The number of thiazole rings is 1. The van der Waals surface area contributed by atoms with Crippen LogP contribution in [0.1, 0.15) is 53.1 Å². The molecule has 2 N–H and O–H groups in total. The smallest absolute Gasteiger partial charge is 0.184 e. The molecule has 0 radical (unpaired) electrons. The van der Waals surface area contributed by atoms with E-state index >= 15 is 0 Å². The van der Waals surface area contributed by atoms with E-state index in [9.17, 15) is 9.65 Å². The quantitative estimate of drug-likeness (QED) is 0.390. The van der Waals surface area contributed by atoms with Crippen molar-refractivity contribution in [3.63, 3.8) is 0 Å². The van der Waals surface area contributed by atoms with E-state index in [0.29, 0.717) is 28.2 Å². The lowest BCUT2D eigenvalue weighted by atomic mass is 9.91. The molecule has 4 heterocycles. The molecule has 1 fully saturated rings. The SMILES string of the molecule is CCc1nc2c(C)cc(C3CCNCC3)cn2c1CNc1nc(-c2ccc(F)cc2)c(C#N)s1. The Morgan fingerprint density at radius 2 is 2.00 bits per heavy atom. The lowest BCUT2D eigenvalue weighted by Gasteiger charge is -2.23. The monoisotopic (exact) mass is 474 g/mol. The highest BCUT2D eigenvalue weighted by atomic mass is 32.1. The van der Waals surface area contributed by atoms with Gasteiger partial charge >= 0.3 is 0 Å². The molecule has 1 saturated heterocycles. The second kappa shape index (κ2) is 9.53. The molecule has 4 aromatic rings. The number of hydrogen-bond acceptors (Lipinski definition) is 6. The average Bonchev–Trinajstić information content (AvgIpc) is 3.45. The molecule has 0 bridgehead atoms. The van der Waals surface area contributed by atoms with Crippen molar-refractivity contribution < 1.29 is 4.39 Å². The molecule has 34 heavy (non-hydrogen) atoms. The van der Waals surface area contributed by atoms with E-state index in [1.807, 2.05) is 0 Å². The molecule has 0 unspecified atom stereocenters. The third kappa shape index (κ3) is 4.29. The van der Waals surface area contributed by atoms with Gasteiger partial charge in [0.2, 0.25) is 0 Å². The van der Waals surface area contributed by atoms with Crippen molar-refractivity contribution in [1.82, 2.24) is 19.7 Å². The Morgan fingerprint density at radius 1 is 1.24 bits per heavy atom. The maximum absolute atomic E-state index is 13.3. The fourth-order valence-corrected chi connectivity index (χ4v) is 5.49. The third-order valence-corrected chi connectivity index (χ3v) is 7.42. The Balaban J connectivity index is 1.46. The Labute approximate surface area is 202 Å². The molecule has 1 aliphatic heterocycles. The number of nitriles is 1. The second-order valence-corrected chi connectivity index (χ2v) is 9.70. The molecule has 174 valence electrons. The van der Waals surface area contributed by atoms with Gasteiger partial charge in [0.25, 0.3) is 0 Å². The van der Waals surface area contributed by atoms with Gasteiger partial charge in [-0.05, 0) is 80.6 Å². The number of aryl methyl sites for hydroxylation is 2. The summed E-state index contributed by atoms with van der Waals surface area (Å²) in [4.78, 5) is 10.1. The van der Waals surface area contributed by atoms with E-state index in [4.69, 9.17) is 4.98 Å². The summed E-state index contributed by atoms with van der Waals surface area (Å²) in [5.41, 5.74) is 7.04. The molecule has 5 rings (SSSR count). The molecule has 0 aliphatic carbocycles. The number of pyridine rings is 1. The maximum atomic E-state index is 13.3. The molecule has 0 saturated carbocycles. The van der Waals surface area contributed by atoms with Crippen LogP contribution in [0.3, 0.4) is 0 Å². The summed E-state index contributed by atoms with van der Waals surface area (Å²) in [7, 11) is 0. The number of halogens is 1. The Morgan fingerprint density at radius 3 is 2.71 bits per heavy atom. The number of anilines is 1. The zero-order chi connectivity index (χ0) is 23.7. The van der Waals surface area contributed by atoms with Crippen LogP contribution < -0.4 is 10.6 Å². The van der Waals surface area contributed by atoms with Gasteiger partial charge in [-0.3, -0.25) is 0 Å². The predicted octanol–water partition coefficient (Wildman–Crippen LogP) is 5.42. The first-order valence-electron chi connectivity index (χ1n) is 11.7. The fourth-order valence-electron chi connectivity index (χ4n) is 4.71. The van der Waals surface area contributed by atoms with Crippen molar-refractivity contribution in [2.45, 2.75) is 45.6 Å². The first kappa shape index (κ1) is 22.5. The van der Waals surface area contributed by atoms with Gasteiger partial charge in [0.05, 0.1) is 17.9 Å². The summed E-state index contributed by atoms with van der Waals surface area (Å²) >= 11 is 1.31. The van der Waals surface area contributed by atoms with Crippen molar-refractivity contribution in [3.8, 4) is 17.3 Å². The maximum Gasteiger partial charge on any atom is 0.184 e.